The van der Waals surface area contributed by atoms with Gasteiger partial charge in [0.15, 0.2) is 0 Å². The molecule has 1 saturated heterocycles. The van der Waals surface area contributed by atoms with Crippen molar-refractivity contribution >= 4 is 11.9 Å². The van der Waals surface area contributed by atoms with E-state index < -0.39 is 11.9 Å². The van der Waals surface area contributed by atoms with Gasteiger partial charge in [0.2, 0.25) is 5.91 Å². The van der Waals surface area contributed by atoms with E-state index >= 15 is 0 Å². The van der Waals surface area contributed by atoms with Crippen LogP contribution in [0.1, 0.15) is 20.3 Å². The summed E-state index contributed by atoms with van der Waals surface area (Å²) in [5.74, 6) is -0.931. The van der Waals surface area contributed by atoms with Gasteiger partial charge in [0.05, 0.1) is 7.11 Å². The Morgan fingerprint density at radius 3 is 2.56 bits per heavy atom. The van der Waals surface area contributed by atoms with Crippen molar-refractivity contribution in [1.82, 2.24) is 10.2 Å². The van der Waals surface area contributed by atoms with E-state index in [4.69, 9.17) is 0 Å². The maximum Gasteiger partial charge on any atom is 0.318 e. The normalized spacial score (nSPS) is 21.9. The quantitative estimate of drug-likeness (QED) is 0.575. The Kier molecular flexibility index (Phi) is 5.59. The maximum atomic E-state index is 12.0. The first-order valence-corrected chi connectivity index (χ1v) is 6.49. The van der Waals surface area contributed by atoms with Crippen molar-refractivity contribution in [2.75, 3.05) is 33.8 Å². The fourth-order valence-electron chi connectivity index (χ4n) is 2.36. The second-order valence-corrected chi connectivity index (χ2v) is 5.41. The van der Waals surface area contributed by atoms with Gasteiger partial charge in [0.25, 0.3) is 0 Å². The first-order valence-electron chi connectivity index (χ1n) is 6.49. The maximum absolute atomic E-state index is 12.0. The number of methoxy groups -OCH3 is 1. The van der Waals surface area contributed by atoms with Crippen LogP contribution >= 0.6 is 0 Å². The van der Waals surface area contributed by atoms with Gasteiger partial charge in [-0.15, -0.1) is 0 Å². The van der Waals surface area contributed by atoms with Crippen LogP contribution in [0.25, 0.3) is 0 Å². The molecule has 0 aromatic rings. The largest absolute Gasteiger partial charge is 0.468 e. The summed E-state index contributed by atoms with van der Waals surface area (Å²) in [5, 5.41) is 2.88. The molecular formula is C13H24N2O3. The highest BCUT2D eigenvalue weighted by Crippen LogP contribution is 2.15. The number of likely N-dealkylation sites (tertiary alicyclic amines) is 1. The van der Waals surface area contributed by atoms with E-state index in [1.165, 1.54) is 7.11 Å². The van der Waals surface area contributed by atoms with Crippen molar-refractivity contribution in [1.29, 1.82) is 0 Å². The second-order valence-electron chi connectivity index (χ2n) is 5.41. The summed E-state index contributed by atoms with van der Waals surface area (Å²) in [4.78, 5) is 25.8. The minimum absolute atomic E-state index is 0.0521. The number of rotatable bonds is 5. The van der Waals surface area contributed by atoms with Crippen LogP contribution in [0, 0.1) is 17.8 Å². The molecule has 5 nitrogen and oxygen atoms in total. The monoisotopic (exact) mass is 256 g/mol. The molecular weight excluding hydrogens is 232 g/mol. The average molecular weight is 256 g/mol. The average Bonchev–Trinajstić information content (AvgIpc) is 2.72. The molecule has 0 spiro atoms. The van der Waals surface area contributed by atoms with E-state index in [0.29, 0.717) is 12.5 Å². The van der Waals surface area contributed by atoms with Crippen LogP contribution in [-0.2, 0) is 14.3 Å². The number of esters is 1. The van der Waals surface area contributed by atoms with E-state index in [9.17, 15) is 9.59 Å². The Morgan fingerprint density at radius 1 is 1.44 bits per heavy atom. The Labute approximate surface area is 109 Å². The van der Waals surface area contributed by atoms with E-state index in [0.717, 1.165) is 19.5 Å². The smallest absolute Gasteiger partial charge is 0.318 e. The van der Waals surface area contributed by atoms with Gasteiger partial charge in [0.1, 0.15) is 5.92 Å². The number of amides is 1. The van der Waals surface area contributed by atoms with Crippen molar-refractivity contribution in [2.45, 2.75) is 20.3 Å². The van der Waals surface area contributed by atoms with Gasteiger partial charge in [-0.25, -0.2) is 0 Å². The van der Waals surface area contributed by atoms with Gasteiger partial charge in [0, 0.05) is 13.1 Å². The molecule has 2 unspecified atom stereocenters. The van der Waals surface area contributed by atoms with Crippen molar-refractivity contribution in [3.63, 3.8) is 0 Å². The molecule has 0 bridgehead atoms. The van der Waals surface area contributed by atoms with Crippen molar-refractivity contribution in [2.24, 2.45) is 17.8 Å². The summed E-state index contributed by atoms with van der Waals surface area (Å²) in [6.07, 6.45) is 1.10. The number of carbonyl (C=O) groups excluding carboxylic acids is 2. The lowest BCUT2D eigenvalue weighted by molar-refractivity contribution is -0.151. The number of nitrogens with one attached hydrogen (secondary N) is 1. The molecule has 104 valence electrons. The fraction of sp³-hybridized carbons (Fsp3) is 0.846. The van der Waals surface area contributed by atoms with Crippen LogP contribution in [0.15, 0.2) is 0 Å². The van der Waals surface area contributed by atoms with Crippen LogP contribution in [-0.4, -0.2) is 50.6 Å². The fourth-order valence-corrected chi connectivity index (χ4v) is 2.36. The second kappa shape index (κ2) is 6.73. The van der Waals surface area contributed by atoms with E-state index in [-0.39, 0.29) is 11.8 Å². The first-order chi connectivity index (χ1) is 8.45. The summed E-state index contributed by atoms with van der Waals surface area (Å²) < 4.78 is 4.68. The van der Waals surface area contributed by atoms with Crippen molar-refractivity contribution < 1.29 is 14.3 Å². The highest BCUT2D eigenvalue weighted by molar-refractivity contribution is 5.98. The van der Waals surface area contributed by atoms with Crippen LogP contribution in [0.5, 0.6) is 0 Å². The van der Waals surface area contributed by atoms with Gasteiger partial charge in [-0.1, -0.05) is 13.8 Å². The number of ether oxygens (including phenoxy) is 1. The highest BCUT2D eigenvalue weighted by atomic mass is 16.5. The minimum atomic E-state index is -0.700. The summed E-state index contributed by atoms with van der Waals surface area (Å²) in [5.41, 5.74) is 0. The lowest BCUT2D eigenvalue weighted by Crippen LogP contribution is -2.41. The number of nitrogens with zero attached hydrogens (tertiary/aromatic N) is 1. The van der Waals surface area contributed by atoms with Gasteiger partial charge >= 0.3 is 5.97 Å². The third-order valence-corrected chi connectivity index (χ3v) is 3.46. The van der Waals surface area contributed by atoms with Crippen LogP contribution in [0.4, 0.5) is 0 Å². The number of hydrogen-bond acceptors (Lipinski definition) is 4. The molecule has 1 fully saturated rings. The molecule has 1 aliphatic rings. The standard InChI is InChI=1S/C13H24N2O3/c1-9(2)11(13(17)18-4)12(16)14-7-10-5-6-15(3)8-10/h9-11H,5-8H2,1-4H3,(H,14,16). The highest BCUT2D eigenvalue weighted by Gasteiger charge is 2.31. The van der Waals surface area contributed by atoms with Gasteiger partial charge in [-0.2, -0.15) is 0 Å². The zero-order chi connectivity index (χ0) is 13.7. The zero-order valence-corrected chi connectivity index (χ0v) is 11.7. The molecule has 0 aromatic heterocycles. The Bertz CT molecular complexity index is 305. The van der Waals surface area contributed by atoms with Crippen LogP contribution < -0.4 is 5.32 Å². The Hall–Kier alpha value is -1.10. The minimum Gasteiger partial charge on any atom is -0.468 e. The lowest BCUT2D eigenvalue weighted by Gasteiger charge is -2.19. The van der Waals surface area contributed by atoms with Gasteiger partial charge < -0.3 is 15.0 Å². The predicted octanol–water partition coefficient (Wildman–Crippen LogP) is 0.500. The summed E-state index contributed by atoms with van der Waals surface area (Å²) in [6.45, 7) is 6.43. The zero-order valence-electron chi connectivity index (χ0n) is 11.7. The topological polar surface area (TPSA) is 58.6 Å². The number of hydrogen-bond donors (Lipinski definition) is 1. The van der Waals surface area contributed by atoms with E-state index in [2.05, 4.69) is 22.0 Å². The predicted molar refractivity (Wildman–Crippen MR) is 69.0 cm³/mol. The molecule has 1 aliphatic heterocycles. The molecule has 0 radical (unpaired) electrons. The van der Waals surface area contributed by atoms with Gasteiger partial charge in [-0.05, 0) is 31.8 Å². The molecule has 0 saturated carbocycles. The molecule has 0 aromatic carbocycles. The van der Waals surface area contributed by atoms with E-state index in [1.54, 1.807) is 0 Å². The number of carbonyl (C=O) groups is 2. The summed E-state index contributed by atoms with van der Waals surface area (Å²) in [7, 11) is 3.39. The van der Waals surface area contributed by atoms with Crippen LogP contribution in [0.3, 0.4) is 0 Å². The third-order valence-electron chi connectivity index (χ3n) is 3.46. The molecule has 5 heteroatoms. The summed E-state index contributed by atoms with van der Waals surface area (Å²) in [6, 6.07) is 0. The third kappa shape index (κ3) is 3.98. The molecule has 1 amide bonds. The molecule has 18 heavy (non-hydrogen) atoms. The van der Waals surface area contributed by atoms with Crippen molar-refractivity contribution in [3.05, 3.63) is 0 Å². The van der Waals surface area contributed by atoms with Crippen LogP contribution in [0.2, 0.25) is 0 Å². The Balaban J connectivity index is 2.44. The molecule has 1 heterocycles. The Morgan fingerprint density at radius 2 is 2.11 bits per heavy atom. The molecule has 1 N–H and O–H groups in total. The SMILES string of the molecule is COC(=O)C(C(=O)NCC1CCN(C)C1)C(C)C. The molecule has 2 atom stereocenters. The molecule has 0 aliphatic carbocycles. The first kappa shape index (κ1) is 15.0. The van der Waals surface area contributed by atoms with E-state index in [1.807, 2.05) is 13.8 Å². The van der Waals surface area contributed by atoms with Crippen molar-refractivity contribution in [3.8, 4) is 0 Å². The summed E-state index contributed by atoms with van der Waals surface area (Å²) >= 11 is 0. The van der Waals surface area contributed by atoms with Gasteiger partial charge in [-0.3, -0.25) is 9.59 Å². The lowest BCUT2D eigenvalue weighted by atomic mass is 9.95. The molecule has 1 rings (SSSR count).